The largest absolute Gasteiger partial charge is 0.321 e. The van der Waals surface area contributed by atoms with Crippen molar-refractivity contribution >= 4 is 39.1 Å². The normalized spacial score (nSPS) is 10.2. The van der Waals surface area contributed by atoms with Crippen molar-refractivity contribution in [3.63, 3.8) is 0 Å². The molecule has 1 N–H and O–H groups in total. The molecule has 18 heavy (non-hydrogen) atoms. The van der Waals surface area contributed by atoms with Crippen LogP contribution < -0.4 is 5.32 Å². The second-order valence-electron chi connectivity index (χ2n) is 3.56. The number of anilines is 1. The molecule has 0 unspecified atom stereocenters. The Labute approximate surface area is 117 Å². The van der Waals surface area contributed by atoms with Gasteiger partial charge in [-0.15, -0.1) is 0 Å². The molecule has 5 heteroatoms. The summed E-state index contributed by atoms with van der Waals surface area (Å²) in [4.78, 5) is 11.9. The molecule has 0 fully saturated rings. The molecule has 0 radical (unpaired) electrons. The Morgan fingerprint density at radius 3 is 2.67 bits per heavy atom. The van der Waals surface area contributed by atoms with Gasteiger partial charge in [-0.2, -0.15) is 0 Å². The van der Waals surface area contributed by atoms with E-state index in [9.17, 15) is 9.18 Å². The summed E-state index contributed by atoms with van der Waals surface area (Å²) in [5.41, 5.74) is 0.410. The van der Waals surface area contributed by atoms with Crippen LogP contribution in [0.3, 0.4) is 0 Å². The summed E-state index contributed by atoms with van der Waals surface area (Å²) >= 11 is 9.10. The Balaban J connectivity index is 2.28. The van der Waals surface area contributed by atoms with Crippen molar-refractivity contribution in [1.82, 2.24) is 0 Å². The van der Waals surface area contributed by atoms with E-state index in [1.807, 2.05) is 0 Å². The molecular formula is C13H8BrClFNO. The molecule has 0 aliphatic rings. The van der Waals surface area contributed by atoms with E-state index in [-0.39, 0.29) is 5.56 Å². The second kappa shape index (κ2) is 5.50. The predicted molar refractivity (Wildman–Crippen MR) is 73.5 cm³/mol. The Morgan fingerprint density at radius 2 is 1.94 bits per heavy atom. The molecule has 0 atom stereocenters. The molecule has 0 saturated carbocycles. The van der Waals surface area contributed by atoms with Crippen molar-refractivity contribution in [2.24, 2.45) is 0 Å². The maximum absolute atomic E-state index is 13.5. The monoisotopic (exact) mass is 327 g/mol. The van der Waals surface area contributed by atoms with Crippen LogP contribution in [0.5, 0.6) is 0 Å². The minimum absolute atomic E-state index is 0.0377. The minimum Gasteiger partial charge on any atom is -0.321 e. The molecule has 2 aromatic rings. The lowest BCUT2D eigenvalue weighted by Crippen LogP contribution is -2.14. The fourth-order valence-corrected chi connectivity index (χ4v) is 1.97. The van der Waals surface area contributed by atoms with Crippen molar-refractivity contribution in [3.05, 3.63) is 63.3 Å². The zero-order chi connectivity index (χ0) is 13.1. The lowest BCUT2D eigenvalue weighted by Gasteiger charge is -2.07. The number of carbonyl (C=O) groups is 1. The van der Waals surface area contributed by atoms with E-state index in [0.29, 0.717) is 15.2 Å². The first-order chi connectivity index (χ1) is 8.58. The van der Waals surface area contributed by atoms with Gasteiger partial charge in [0.2, 0.25) is 0 Å². The second-order valence-corrected chi connectivity index (χ2v) is 4.88. The van der Waals surface area contributed by atoms with Crippen LogP contribution in [0.25, 0.3) is 0 Å². The summed E-state index contributed by atoms with van der Waals surface area (Å²) in [7, 11) is 0. The molecule has 2 nitrogen and oxygen atoms in total. The fourth-order valence-electron chi connectivity index (χ4n) is 1.42. The Hall–Kier alpha value is -1.39. The zero-order valence-electron chi connectivity index (χ0n) is 9.08. The maximum Gasteiger partial charge on any atom is 0.258 e. The molecule has 0 aliphatic heterocycles. The van der Waals surface area contributed by atoms with Gasteiger partial charge >= 0.3 is 0 Å². The summed E-state index contributed by atoms with van der Waals surface area (Å²) in [5.74, 6) is -1.12. The van der Waals surface area contributed by atoms with Gasteiger partial charge in [-0.05, 0) is 30.3 Å². The molecule has 2 aromatic carbocycles. The van der Waals surface area contributed by atoms with Crippen molar-refractivity contribution in [2.45, 2.75) is 0 Å². The maximum atomic E-state index is 13.5. The number of benzene rings is 2. The lowest BCUT2D eigenvalue weighted by molar-refractivity contribution is 0.102. The number of para-hydroxylation sites is 1. The first-order valence-corrected chi connectivity index (χ1v) is 6.26. The molecular weight excluding hydrogens is 321 g/mol. The number of nitrogens with one attached hydrogen (secondary N) is 1. The highest BCUT2D eigenvalue weighted by atomic mass is 79.9. The number of hydrogen-bond donors (Lipinski definition) is 1. The van der Waals surface area contributed by atoms with Crippen molar-refractivity contribution in [2.75, 3.05) is 5.32 Å². The first kappa shape index (κ1) is 13.1. The van der Waals surface area contributed by atoms with E-state index < -0.39 is 11.7 Å². The topological polar surface area (TPSA) is 29.1 Å². The summed E-state index contributed by atoms with van der Waals surface area (Å²) in [5, 5.41) is 2.97. The fraction of sp³-hybridized carbons (Fsp3) is 0. The summed E-state index contributed by atoms with van der Waals surface area (Å²) in [6, 6.07) is 11.0. The van der Waals surface area contributed by atoms with E-state index in [1.54, 1.807) is 24.3 Å². The predicted octanol–water partition coefficient (Wildman–Crippen LogP) is 4.49. The van der Waals surface area contributed by atoms with Gasteiger partial charge in [0.05, 0.1) is 16.3 Å². The molecule has 0 aromatic heterocycles. The Kier molecular flexibility index (Phi) is 3.99. The number of carbonyl (C=O) groups excluding carboxylic acids is 1. The molecule has 0 aliphatic carbocycles. The average molecular weight is 329 g/mol. The van der Waals surface area contributed by atoms with Gasteiger partial charge in [0.15, 0.2) is 0 Å². The van der Waals surface area contributed by atoms with E-state index in [0.717, 1.165) is 0 Å². The van der Waals surface area contributed by atoms with Crippen LogP contribution in [0.15, 0.2) is 46.9 Å². The summed E-state index contributed by atoms with van der Waals surface area (Å²) < 4.78 is 14.1. The van der Waals surface area contributed by atoms with E-state index in [1.165, 1.54) is 18.2 Å². The van der Waals surface area contributed by atoms with E-state index >= 15 is 0 Å². The van der Waals surface area contributed by atoms with Crippen molar-refractivity contribution < 1.29 is 9.18 Å². The number of halogens is 3. The average Bonchev–Trinajstić information content (AvgIpc) is 2.35. The Morgan fingerprint density at radius 1 is 1.22 bits per heavy atom. The molecule has 92 valence electrons. The highest BCUT2D eigenvalue weighted by Gasteiger charge is 2.13. The summed E-state index contributed by atoms with van der Waals surface area (Å²) in [6.07, 6.45) is 0. The zero-order valence-corrected chi connectivity index (χ0v) is 11.4. The van der Waals surface area contributed by atoms with Crippen LogP contribution in [0.4, 0.5) is 10.1 Å². The van der Waals surface area contributed by atoms with Gasteiger partial charge in [0.1, 0.15) is 5.82 Å². The number of rotatable bonds is 2. The minimum atomic E-state index is -0.581. The Bertz CT molecular complexity index is 603. The highest BCUT2D eigenvalue weighted by molar-refractivity contribution is 9.10. The van der Waals surface area contributed by atoms with Crippen molar-refractivity contribution in [1.29, 1.82) is 0 Å². The van der Waals surface area contributed by atoms with Gasteiger partial charge in [-0.3, -0.25) is 4.79 Å². The SMILES string of the molecule is O=C(Nc1ccccc1Cl)c1cc(Br)ccc1F. The van der Waals surface area contributed by atoms with Gasteiger partial charge in [0, 0.05) is 4.47 Å². The van der Waals surface area contributed by atoms with Crippen LogP contribution in [0.1, 0.15) is 10.4 Å². The molecule has 0 bridgehead atoms. The molecule has 0 saturated heterocycles. The smallest absolute Gasteiger partial charge is 0.258 e. The summed E-state index contributed by atoms with van der Waals surface area (Å²) in [6.45, 7) is 0. The van der Waals surface area contributed by atoms with Crippen molar-refractivity contribution in [3.8, 4) is 0 Å². The van der Waals surface area contributed by atoms with E-state index in [4.69, 9.17) is 11.6 Å². The van der Waals surface area contributed by atoms with Crippen LogP contribution in [-0.4, -0.2) is 5.91 Å². The third-order valence-corrected chi connectivity index (χ3v) is 3.12. The quantitative estimate of drug-likeness (QED) is 0.864. The molecule has 0 heterocycles. The van der Waals surface area contributed by atoms with Gasteiger partial charge in [-0.25, -0.2) is 4.39 Å². The van der Waals surface area contributed by atoms with Crippen LogP contribution in [-0.2, 0) is 0 Å². The first-order valence-electron chi connectivity index (χ1n) is 5.09. The van der Waals surface area contributed by atoms with Crippen LogP contribution >= 0.6 is 27.5 Å². The van der Waals surface area contributed by atoms with Gasteiger partial charge in [0.25, 0.3) is 5.91 Å². The molecule has 0 spiro atoms. The van der Waals surface area contributed by atoms with E-state index in [2.05, 4.69) is 21.2 Å². The van der Waals surface area contributed by atoms with Crippen LogP contribution in [0.2, 0.25) is 5.02 Å². The highest BCUT2D eigenvalue weighted by Crippen LogP contribution is 2.22. The standard InChI is InChI=1S/C13H8BrClFNO/c14-8-5-6-11(16)9(7-8)13(18)17-12-4-2-1-3-10(12)15/h1-7H,(H,17,18). The third kappa shape index (κ3) is 2.89. The molecule has 2 rings (SSSR count). The number of amides is 1. The molecule has 1 amide bonds. The lowest BCUT2D eigenvalue weighted by atomic mass is 10.2. The third-order valence-electron chi connectivity index (χ3n) is 2.30. The van der Waals surface area contributed by atoms with Gasteiger partial charge < -0.3 is 5.32 Å². The van der Waals surface area contributed by atoms with Crippen LogP contribution in [0, 0.1) is 5.82 Å². The van der Waals surface area contributed by atoms with Gasteiger partial charge in [-0.1, -0.05) is 39.7 Å². The number of hydrogen-bond acceptors (Lipinski definition) is 1.